The zero-order chi connectivity index (χ0) is 14.9. The van der Waals surface area contributed by atoms with Crippen molar-refractivity contribution in [3.63, 3.8) is 0 Å². The summed E-state index contributed by atoms with van der Waals surface area (Å²) in [5.74, 6) is 2.46. The number of benzene rings is 2. The summed E-state index contributed by atoms with van der Waals surface area (Å²) in [6.07, 6.45) is 0.957. The molecule has 0 fully saturated rings. The molecule has 0 amide bonds. The van der Waals surface area contributed by atoms with Crippen molar-refractivity contribution in [3.05, 3.63) is 52.5 Å². The SMILES string of the molecule is Clc1cc2c(cc1CNC1COc3ccccc3C1)OCO2. The Hall–Kier alpha value is -1.91. The third-order valence-electron chi connectivity index (χ3n) is 4.00. The van der Waals surface area contributed by atoms with Gasteiger partial charge in [0.1, 0.15) is 12.4 Å². The highest BCUT2D eigenvalue weighted by atomic mass is 35.5. The zero-order valence-electron chi connectivity index (χ0n) is 12.0. The van der Waals surface area contributed by atoms with E-state index in [0.717, 1.165) is 23.5 Å². The highest BCUT2D eigenvalue weighted by Crippen LogP contribution is 2.36. The van der Waals surface area contributed by atoms with Gasteiger partial charge in [-0.3, -0.25) is 0 Å². The van der Waals surface area contributed by atoms with Gasteiger partial charge in [0.05, 0.1) is 0 Å². The van der Waals surface area contributed by atoms with E-state index in [4.69, 9.17) is 25.8 Å². The van der Waals surface area contributed by atoms with E-state index in [2.05, 4.69) is 11.4 Å². The molecule has 0 spiro atoms. The molecule has 2 heterocycles. The molecular formula is C17H16ClNO3. The molecule has 2 aromatic rings. The largest absolute Gasteiger partial charge is 0.492 e. The van der Waals surface area contributed by atoms with Crippen molar-refractivity contribution < 1.29 is 14.2 Å². The van der Waals surface area contributed by atoms with E-state index in [-0.39, 0.29) is 12.8 Å². The fraction of sp³-hybridized carbons (Fsp3) is 0.294. The Kier molecular flexibility index (Phi) is 3.56. The van der Waals surface area contributed by atoms with Gasteiger partial charge in [-0.1, -0.05) is 29.8 Å². The molecule has 0 aromatic heterocycles. The first kappa shape index (κ1) is 13.7. The molecule has 2 aliphatic heterocycles. The van der Waals surface area contributed by atoms with Crippen LogP contribution in [-0.4, -0.2) is 19.4 Å². The maximum atomic E-state index is 6.30. The summed E-state index contributed by atoms with van der Waals surface area (Å²) in [6.45, 7) is 1.60. The predicted octanol–water partition coefficient (Wildman–Crippen LogP) is 3.16. The van der Waals surface area contributed by atoms with E-state index in [0.29, 0.717) is 23.9 Å². The zero-order valence-corrected chi connectivity index (χ0v) is 12.7. The Morgan fingerprint density at radius 3 is 2.77 bits per heavy atom. The quantitative estimate of drug-likeness (QED) is 0.944. The average molecular weight is 318 g/mol. The summed E-state index contributed by atoms with van der Waals surface area (Å²) in [4.78, 5) is 0. The minimum Gasteiger partial charge on any atom is -0.492 e. The van der Waals surface area contributed by atoms with Crippen molar-refractivity contribution in [2.75, 3.05) is 13.4 Å². The minimum absolute atomic E-state index is 0.260. The molecule has 114 valence electrons. The Bertz CT molecular complexity index is 704. The molecule has 2 aromatic carbocycles. The smallest absolute Gasteiger partial charge is 0.231 e. The fourth-order valence-electron chi connectivity index (χ4n) is 2.81. The molecule has 5 heteroatoms. The molecule has 0 saturated heterocycles. The Morgan fingerprint density at radius 1 is 1.05 bits per heavy atom. The minimum atomic E-state index is 0.260. The van der Waals surface area contributed by atoms with Gasteiger partial charge in [0.2, 0.25) is 6.79 Å². The summed E-state index contributed by atoms with van der Waals surface area (Å²) >= 11 is 6.30. The van der Waals surface area contributed by atoms with E-state index in [9.17, 15) is 0 Å². The Balaban J connectivity index is 1.44. The lowest BCUT2D eigenvalue weighted by molar-refractivity contribution is 0.174. The van der Waals surface area contributed by atoms with E-state index in [1.165, 1.54) is 5.56 Å². The third-order valence-corrected chi connectivity index (χ3v) is 4.35. The molecule has 1 unspecified atom stereocenters. The first-order valence-electron chi connectivity index (χ1n) is 7.32. The van der Waals surface area contributed by atoms with Crippen LogP contribution in [0.3, 0.4) is 0 Å². The second kappa shape index (κ2) is 5.71. The average Bonchev–Trinajstić information content (AvgIpc) is 2.99. The van der Waals surface area contributed by atoms with Crippen LogP contribution >= 0.6 is 11.6 Å². The number of rotatable bonds is 3. The van der Waals surface area contributed by atoms with Gasteiger partial charge in [-0.2, -0.15) is 0 Å². The summed E-state index contributed by atoms with van der Waals surface area (Å²) < 4.78 is 16.5. The van der Waals surface area contributed by atoms with Crippen LogP contribution in [0.2, 0.25) is 5.02 Å². The predicted molar refractivity (Wildman–Crippen MR) is 83.8 cm³/mol. The first-order valence-corrected chi connectivity index (χ1v) is 7.69. The highest BCUT2D eigenvalue weighted by Gasteiger charge is 2.20. The van der Waals surface area contributed by atoms with Crippen LogP contribution in [-0.2, 0) is 13.0 Å². The second-order valence-corrected chi connectivity index (χ2v) is 5.90. The molecule has 4 nitrogen and oxygen atoms in total. The summed E-state index contributed by atoms with van der Waals surface area (Å²) in [6, 6.07) is 12.2. The number of hydrogen-bond acceptors (Lipinski definition) is 4. The highest BCUT2D eigenvalue weighted by molar-refractivity contribution is 6.31. The molecular weight excluding hydrogens is 302 g/mol. The van der Waals surface area contributed by atoms with Gasteiger partial charge in [0.15, 0.2) is 11.5 Å². The van der Waals surface area contributed by atoms with Gasteiger partial charge < -0.3 is 19.5 Å². The lowest BCUT2D eigenvalue weighted by Crippen LogP contribution is -2.38. The monoisotopic (exact) mass is 317 g/mol. The van der Waals surface area contributed by atoms with Gasteiger partial charge in [0.25, 0.3) is 0 Å². The number of para-hydroxylation sites is 1. The van der Waals surface area contributed by atoms with Gasteiger partial charge in [0, 0.05) is 23.7 Å². The van der Waals surface area contributed by atoms with E-state index >= 15 is 0 Å². The molecule has 0 saturated carbocycles. The summed E-state index contributed by atoms with van der Waals surface area (Å²) in [5.41, 5.74) is 2.24. The van der Waals surface area contributed by atoms with Crippen molar-refractivity contribution in [2.45, 2.75) is 19.0 Å². The summed E-state index contributed by atoms with van der Waals surface area (Å²) in [5, 5.41) is 4.19. The van der Waals surface area contributed by atoms with E-state index in [1.54, 1.807) is 0 Å². The maximum absolute atomic E-state index is 6.30. The van der Waals surface area contributed by atoms with Crippen LogP contribution in [0, 0.1) is 0 Å². The summed E-state index contributed by atoms with van der Waals surface area (Å²) in [7, 11) is 0. The number of ether oxygens (including phenoxy) is 3. The molecule has 0 bridgehead atoms. The van der Waals surface area contributed by atoms with Crippen molar-refractivity contribution in [1.29, 1.82) is 0 Å². The normalized spacial score (nSPS) is 18.7. The van der Waals surface area contributed by atoms with Crippen molar-refractivity contribution in [1.82, 2.24) is 5.32 Å². The first-order chi connectivity index (χ1) is 10.8. The second-order valence-electron chi connectivity index (χ2n) is 5.50. The maximum Gasteiger partial charge on any atom is 0.231 e. The van der Waals surface area contributed by atoms with Crippen LogP contribution in [0.5, 0.6) is 17.2 Å². The fourth-order valence-corrected chi connectivity index (χ4v) is 3.03. The van der Waals surface area contributed by atoms with E-state index in [1.807, 2.05) is 30.3 Å². The van der Waals surface area contributed by atoms with Crippen LogP contribution < -0.4 is 19.5 Å². The van der Waals surface area contributed by atoms with Gasteiger partial charge >= 0.3 is 0 Å². The standard InChI is InChI=1S/C17H16ClNO3/c18-14-7-17-16(21-10-22-17)6-12(14)8-19-13-5-11-3-1-2-4-15(11)20-9-13/h1-4,6-7,13,19H,5,8-10H2. The van der Waals surface area contributed by atoms with Crippen molar-refractivity contribution >= 4 is 11.6 Å². The number of hydrogen-bond donors (Lipinski definition) is 1. The molecule has 2 aliphatic rings. The third kappa shape index (κ3) is 2.60. The van der Waals surface area contributed by atoms with Crippen LogP contribution in [0.15, 0.2) is 36.4 Å². The van der Waals surface area contributed by atoms with Crippen molar-refractivity contribution in [2.24, 2.45) is 0 Å². The lowest BCUT2D eigenvalue weighted by Gasteiger charge is -2.26. The Labute approximate surface area is 133 Å². The molecule has 1 N–H and O–H groups in total. The molecule has 0 radical (unpaired) electrons. The van der Waals surface area contributed by atoms with Crippen molar-refractivity contribution in [3.8, 4) is 17.2 Å². The van der Waals surface area contributed by atoms with Crippen LogP contribution in [0.1, 0.15) is 11.1 Å². The van der Waals surface area contributed by atoms with Gasteiger partial charge in [-0.15, -0.1) is 0 Å². The number of nitrogens with one attached hydrogen (secondary N) is 1. The van der Waals surface area contributed by atoms with Gasteiger partial charge in [-0.05, 0) is 29.7 Å². The molecule has 4 rings (SSSR count). The number of halogens is 1. The van der Waals surface area contributed by atoms with E-state index < -0.39 is 0 Å². The number of fused-ring (bicyclic) bond motifs is 2. The molecule has 0 aliphatic carbocycles. The van der Waals surface area contributed by atoms with Gasteiger partial charge in [-0.25, -0.2) is 0 Å². The Morgan fingerprint density at radius 2 is 1.86 bits per heavy atom. The molecule has 22 heavy (non-hydrogen) atoms. The van der Waals surface area contributed by atoms with Crippen LogP contribution in [0.4, 0.5) is 0 Å². The molecule has 1 atom stereocenters. The van der Waals surface area contributed by atoms with Crippen LogP contribution in [0.25, 0.3) is 0 Å². The lowest BCUT2D eigenvalue weighted by atomic mass is 10.0. The topological polar surface area (TPSA) is 39.7 Å².